The molecule has 0 spiro atoms. The van der Waals surface area contributed by atoms with E-state index in [1.807, 2.05) is 43.0 Å². The van der Waals surface area contributed by atoms with Crippen LogP contribution in [0.2, 0.25) is 0 Å². The van der Waals surface area contributed by atoms with Crippen molar-refractivity contribution in [1.82, 2.24) is 14.5 Å². The lowest BCUT2D eigenvalue weighted by Crippen LogP contribution is -1.90. The third kappa shape index (κ3) is 3.42. The van der Waals surface area contributed by atoms with E-state index in [-0.39, 0.29) is 0 Å². The molecule has 3 aromatic rings. The number of benzene rings is 1. The van der Waals surface area contributed by atoms with Gasteiger partial charge in [0.15, 0.2) is 0 Å². The minimum absolute atomic E-state index is 1.06. The average Bonchev–Trinajstić information content (AvgIpc) is 2.93. The number of para-hydroxylation sites is 1. The van der Waals surface area contributed by atoms with Crippen molar-refractivity contribution in [3.8, 4) is 0 Å². The van der Waals surface area contributed by atoms with Crippen molar-refractivity contribution in [3.63, 3.8) is 0 Å². The zero-order valence-corrected chi connectivity index (χ0v) is 10.5. The first-order chi connectivity index (χ1) is 8.90. The van der Waals surface area contributed by atoms with Gasteiger partial charge < -0.3 is 4.57 Å². The smallest absolute Gasteiger partial charge is 0.0945 e. The van der Waals surface area contributed by atoms with Crippen LogP contribution in [0, 0.1) is 0 Å². The normalized spacial score (nSPS) is 9.83. The van der Waals surface area contributed by atoms with Gasteiger partial charge in [-0.2, -0.15) is 0 Å². The Labute approximate surface area is 107 Å². The third-order valence-corrected chi connectivity index (χ3v) is 2.55. The second kappa shape index (κ2) is 6.55. The Morgan fingerprint density at radius 3 is 2.61 bits per heavy atom. The van der Waals surface area contributed by atoms with Gasteiger partial charge in [-0.3, -0.25) is 4.98 Å². The maximum Gasteiger partial charge on any atom is 0.0945 e. The highest BCUT2D eigenvalue weighted by atomic mass is 15.0. The third-order valence-electron chi connectivity index (χ3n) is 2.55. The van der Waals surface area contributed by atoms with Gasteiger partial charge >= 0.3 is 0 Å². The standard InChI is InChI=1S/C9H7N.C6H10N2/c1-2-6-9-8(4-1)5-3-7-10-9;1-2-4-8-5-3-7-6-8/h1-7H;3,5-6H,2,4H2,1H3. The SMILES string of the molecule is CCCn1ccnc1.c1ccc2ncccc2c1. The number of nitrogens with zero attached hydrogens (tertiary/aromatic N) is 3. The molecule has 2 heterocycles. The van der Waals surface area contributed by atoms with Crippen LogP contribution in [-0.2, 0) is 6.54 Å². The molecule has 0 aliphatic heterocycles. The van der Waals surface area contributed by atoms with Gasteiger partial charge in [0.05, 0.1) is 11.8 Å². The summed E-state index contributed by atoms with van der Waals surface area (Å²) in [5.74, 6) is 0. The van der Waals surface area contributed by atoms with Crippen LogP contribution in [0.15, 0.2) is 61.3 Å². The van der Waals surface area contributed by atoms with Gasteiger partial charge in [-0.25, -0.2) is 4.98 Å². The second-order valence-electron chi connectivity index (χ2n) is 4.00. The number of aromatic nitrogens is 3. The number of hydrogen-bond donors (Lipinski definition) is 0. The molecule has 0 saturated carbocycles. The lowest BCUT2D eigenvalue weighted by molar-refractivity contribution is 0.678. The first-order valence-electron chi connectivity index (χ1n) is 6.15. The molecule has 0 N–H and O–H groups in total. The highest BCUT2D eigenvalue weighted by Crippen LogP contribution is 2.07. The Balaban J connectivity index is 0.000000138. The topological polar surface area (TPSA) is 30.7 Å². The highest BCUT2D eigenvalue weighted by Gasteiger charge is 1.86. The number of aryl methyl sites for hydroxylation is 1. The fourth-order valence-electron chi connectivity index (χ4n) is 1.69. The van der Waals surface area contributed by atoms with E-state index in [4.69, 9.17) is 0 Å². The Hall–Kier alpha value is -2.16. The molecular formula is C15H17N3. The van der Waals surface area contributed by atoms with E-state index < -0.39 is 0 Å². The van der Waals surface area contributed by atoms with E-state index in [2.05, 4.69) is 33.6 Å². The van der Waals surface area contributed by atoms with E-state index in [0.29, 0.717) is 0 Å². The quantitative estimate of drug-likeness (QED) is 0.685. The van der Waals surface area contributed by atoms with Gasteiger partial charge in [0.2, 0.25) is 0 Å². The number of hydrogen-bond acceptors (Lipinski definition) is 2. The predicted octanol–water partition coefficient (Wildman–Crippen LogP) is 3.53. The van der Waals surface area contributed by atoms with Gasteiger partial charge in [-0.05, 0) is 18.6 Å². The minimum atomic E-state index is 1.06. The van der Waals surface area contributed by atoms with E-state index in [9.17, 15) is 0 Å². The lowest BCUT2D eigenvalue weighted by atomic mass is 10.2. The molecule has 0 atom stereocenters. The fourth-order valence-corrected chi connectivity index (χ4v) is 1.69. The zero-order chi connectivity index (χ0) is 12.6. The first-order valence-corrected chi connectivity index (χ1v) is 6.15. The number of rotatable bonds is 2. The van der Waals surface area contributed by atoms with E-state index in [0.717, 1.165) is 12.1 Å². The summed E-state index contributed by atoms with van der Waals surface area (Å²) in [6.07, 6.45) is 8.60. The summed E-state index contributed by atoms with van der Waals surface area (Å²) in [6, 6.07) is 12.1. The van der Waals surface area contributed by atoms with Crippen molar-refractivity contribution < 1.29 is 0 Å². The molecule has 0 unspecified atom stereocenters. The first kappa shape index (κ1) is 12.3. The van der Waals surface area contributed by atoms with Crippen LogP contribution < -0.4 is 0 Å². The van der Waals surface area contributed by atoms with E-state index >= 15 is 0 Å². The van der Waals surface area contributed by atoms with Crippen molar-refractivity contribution in [2.45, 2.75) is 19.9 Å². The van der Waals surface area contributed by atoms with Crippen molar-refractivity contribution in [2.24, 2.45) is 0 Å². The average molecular weight is 239 g/mol. The molecule has 0 radical (unpaired) electrons. The summed E-state index contributed by atoms with van der Waals surface area (Å²) >= 11 is 0. The number of imidazole rings is 1. The summed E-state index contributed by atoms with van der Waals surface area (Å²) in [7, 11) is 0. The molecule has 3 heteroatoms. The van der Waals surface area contributed by atoms with E-state index in [1.165, 1.54) is 11.8 Å². The molecule has 0 aliphatic rings. The van der Waals surface area contributed by atoms with Crippen molar-refractivity contribution in [1.29, 1.82) is 0 Å². The van der Waals surface area contributed by atoms with Gasteiger partial charge in [-0.15, -0.1) is 0 Å². The molecule has 2 aromatic heterocycles. The largest absolute Gasteiger partial charge is 0.338 e. The summed E-state index contributed by atoms with van der Waals surface area (Å²) in [5.41, 5.74) is 1.06. The van der Waals surface area contributed by atoms with Crippen LogP contribution in [0.5, 0.6) is 0 Å². The molecule has 0 amide bonds. The zero-order valence-electron chi connectivity index (χ0n) is 10.5. The Kier molecular flexibility index (Phi) is 4.47. The van der Waals surface area contributed by atoms with Crippen LogP contribution >= 0.6 is 0 Å². The molecule has 3 rings (SSSR count). The van der Waals surface area contributed by atoms with Crippen LogP contribution in [0.4, 0.5) is 0 Å². The van der Waals surface area contributed by atoms with Gasteiger partial charge in [0.25, 0.3) is 0 Å². The molecular weight excluding hydrogens is 222 g/mol. The monoisotopic (exact) mass is 239 g/mol. The highest BCUT2D eigenvalue weighted by molar-refractivity contribution is 5.77. The fraction of sp³-hybridized carbons (Fsp3) is 0.200. The van der Waals surface area contributed by atoms with Gasteiger partial charge in [0.1, 0.15) is 0 Å². The maximum atomic E-state index is 4.18. The van der Waals surface area contributed by atoms with Gasteiger partial charge in [-0.1, -0.05) is 31.2 Å². The summed E-state index contributed by atoms with van der Waals surface area (Å²) in [4.78, 5) is 8.08. The maximum absolute atomic E-state index is 4.18. The Morgan fingerprint density at radius 2 is 1.89 bits per heavy atom. The molecule has 92 valence electrons. The minimum Gasteiger partial charge on any atom is -0.338 e. The molecule has 3 nitrogen and oxygen atoms in total. The van der Waals surface area contributed by atoms with Gasteiger partial charge in [0, 0.05) is 30.5 Å². The summed E-state index contributed by atoms with van der Waals surface area (Å²) < 4.78 is 2.07. The molecule has 0 fully saturated rings. The van der Waals surface area contributed by atoms with E-state index in [1.54, 1.807) is 6.20 Å². The molecule has 0 aliphatic carbocycles. The van der Waals surface area contributed by atoms with Crippen LogP contribution in [0.25, 0.3) is 10.9 Å². The van der Waals surface area contributed by atoms with Crippen molar-refractivity contribution in [2.75, 3.05) is 0 Å². The van der Waals surface area contributed by atoms with Crippen LogP contribution in [0.3, 0.4) is 0 Å². The lowest BCUT2D eigenvalue weighted by Gasteiger charge is -1.93. The summed E-state index contributed by atoms with van der Waals surface area (Å²) in [6.45, 7) is 3.24. The number of fused-ring (bicyclic) bond motifs is 1. The predicted molar refractivity (Wildman–Crippen MR) is 74.3 cm³/mol. The molecule has 1 aromatic carbocycles. The molecule has 18 heavy (non-hydrogen) atoms. The second-order valence-corrected chi connectivity index (χ2v) is 4.00. The molecule has 0 saturated heterocycles. The van der Waals surface area contributed by atoms with Crippen LogP contribution in [-0.4, -0.2) is 14.5 Å². The number of pyridine rings is 1. The van der Waals surface area contributed by atoms with Crippen LogP contribution in [0.1, 0.15) is 13.3 Å². The van der Waals surface area contributed by atoms with Crippen molar-refractivity contribution in [3.05, 3.63) is 61.3 Å². The molecule has 0 bridgehead atoms. The van der Waals surface area contributed by atoms with Crippen molar-refractivity contribution >= 4 is 10.9 Å². The Morgan fingerprint density at radius 1 is 1.06 bits per heavy atom. The summed E-state index contributed by atoms with van der Waals surface area (Å²) in [5, 5.41) is 1.20. The Bertz CT molecular complexity index is 508.